The van der Waals surface area contributed by atoms with E-state index < -0.39 is 16.4 Å². The third kappa shape index (κ3) is 3.81. The zero-order chi connectivity index (χ0) is 20.6. The summed E-state index contributed by atoms with van der Waals surface area (Å²) < 4.78 is 54.2. The van der Waals surface area contributed by atoms with Crippen LogP contribution in [0.15, 0.2) is 71.8 Å². The van der Waals surface area contributed by atoms with Crippen molar-refractivity contribution in [3.05, 3.63) is 66.9 Å². The number of ether oxygens (including phenoxy) is 1. The third-order valence-electron chi connectivity index (χ3n) is 4.34. The summed E-state index contributed by atoms with van der Waals surface area (Å²) >= 11 is 0. The van der Waals surface area contributed by atoms with E-state index in [0.717, 1.165) is 22.9 Å². The molecule has 0 fully saturated rings. The van der Waals surface area contributed by atoms with Gasteiger partial charge in [0.1, 0.15) is 11.4 Å². The lowest BCUT2D eigenvalue weighted by molar-refractivity contribution is -0.0498. The third-order valence-corrected chi connectivity index (χ3v) is 5.47. The molecule has 2 aromatic heterocycles. The molecule has 0 aliphatic heterocycles. The number of rotatable bonds is 5. The average Bonchev–Trinajstić information content (AvgIpc) is 3.07. The van der Waals surface area contributed by atoms with E-state index >= 15 is 0 Å². The average molecular weight is 415 g/mol. The molecule has 9 heteroatoms. The highest BCUT2D eigenvalue weighted by Gasteiger charge is 2.18. The summed E-state index contributed by atoms with van der Waals surface area (Å²) in [7, 11) is -3.32. The first-order chi connectivity index (χ1) is 13.8. The Kier molecular flexibility index (Phi) is 4.75. The standard InChI is InChI=1S/C20H15F2N3O3S/c1-29(26,27)16-10-6-13(7-11-16)18-17-3-2-12-23-25(17)24-19(18)14-4-8-15(9-5-14)28-20(21)22/h2-12,20H,1H3. The van der Waals surface area contributed by atoms with Gasteiger partial charge in [0.05, 0.1) is 10.4 Å². The van der Waals surface area contributed by atoms with Gasteiger partial charge in [-0.05, 0) is 54.1 Å². The molecule has 0 radical (unpaired) electrons. The van der Waals surface area contributed by atoms with E-state index in [2.05, 4.69) is 14.9 Å². The topological polar surface area (TPSA) is 73.6 Å². The first-order valence-electron chi connectivity index (χ1n) is 8.53. The normalized spacial score (nSPS) is 11.9. The summed E-state index contributed by atoms with van der Waals surface area (Å²) in [5.41, 5.74) is 3.49. The molecular weight excluding hydrogens is 400 g/mol. The highest BCUT2D eigenvalue weighted by molar-refractivity contribution is 7.90. The minimum absolute atomic E-state index is 0.0460. The maximum absolute atomic E-state index is 12.4. The van der Waals surface area contributed by atoms with Crippen LogP contribution in [0.1, 0.15) is 0 Å². The second kappa shape index (κ2) is 7.25. The van der Waals surface area contributed by atoms with Crippen molar-refractivity contribution in [1.82, 2.24) is 14.8 Å². The van der Waals surface area contributed by atoms with Crippen molar-refractivity contribution in [2.75, 3.05) is 6.26 Å². The number of hydrogen-bond donors (Lipinski definition) is 0. The van der Waals surface area contributed by atoms with Gasteiger partial charge in [-0.1, -0.05) is 12.1 Å². The largest absolute Gasteiger partial charge is 0.435 e. The lowest BCUT2D eigenvalue weighted by Gasteiger charge is -2.07. The zero-order valence-corrected chi connectivity index (χ0v) is 16.0. The van der Waals surface area contributed by atoms with Gasteiger partial charge in [-0.15, -0.1) is 5.10 Å². The molecule has 0 N–H and O–H groups in total. The lowest BCUT2D eigenvalue weighted by atomic mass is 10.00. The molecule has 2 aromatic carbocycles. The summed E-state index contributed by atoms with van der Waals surface area (Å²) in [5, 5.41) is 8.73. The van der Waals surface area contributed by atoms with Gasteiger partial charge in [0.2, 0.25) is 0 Å². The van der Waals surface area contributed by atoms with E-state index in [4.69, 9.17) is 0 Å². The van der Waals surface area contributed by atoms with Crippen molar-refractivity contribution in [1.29, 1.82) is 0 Å². The van der Waals surface area contributed by atoms with E-state index in [1.165, 1.54) is 28.9 Å². The Labute approximate surface area is 165 Å². The predicted molar refractivity (Wildman–Crippen MR) is 104 cm³/mol. The lowest BCUT2D eigenvalue weighted by Crippen LogP contribution is -2.01. The summed E-state index contributed by atoms with van der Waals surface area (Å²) in [4.78, 5) is 0.214. The molecule has 4 aromatic rings. The van der Waals surface area contributed by atoms with Gasteiger partial charge in [0.15, 0.2) is 9.84 Å². The number of halogens is 2. The number of hydrogen-bond acceptors (Lipinski definition) is 5. The van der Waals surface area contributed by atoms with Crippen LogP contribution in [0.5, 0.6) is 5.75 Å². The molecular formula is C20H15F2N3O3S. The highest BCUT2D eigenvalue weighted by Crippen LogP contribution is 2.35. The quantitative estimate of drug-likeness (QED) is 0.491. The summed E-state index contributed by atoms with van der Waals surface area (Å²) in [6.45, 7) is -2.90. The van der Waals surface area contributed by atoms with Crippen LogP contribution in [-0.2, 0) is 9.84 Å². The Morgan fingerprint density at radius 1 is 0.966 bits per heavy atom. The molecule has 6 nitrogen and oxygen atoms in total. The molecule has 0 amide bonds. The zero-order valence-electron chi connectivity index (χ0n) is 15.2. The van der Waals surface area contributed by atoms with E-state index in [9.17, 15) is 17.2 Å². The molecule has 0 saturated heterocycles. The predicted octanol–water partition coefficient (Wildman–Crippen LogP) is 4.07. The van der Waals surface area contributed by atoms with Gasteiger partial charge in [-0.25, -0.2) is 8.42 Å². The fourth-order valence-corrected chi connectivity index (χ4v) is 3.67. The van der Waals surface area contributed by atoms with E-state index in [-0.39, 0.29) is 10.6 Å². The summed E-state index contributed by atoms with van der Waals surface area (Å²) in [6, 6.07) is 16.2. The number of fused-ring (bicyclic) bond motifs is 1. The van der Waals surface area contributed by atoms with E-state index in [0.29, 0.717) is 11.3 Å². The molecule has 0 unspecified atom stereocenters. The van der Waals surface area contributed by atoms with Crippen LogP contribution in [0.25, 0.3) is 27.9 Å². The maximum atomic E-state index is 12.4. The Hall–Kier alpha value is -3.33. The van der Waals surface area contributed by atoms with Crippen LogP contribution in [-0.4, -0.2) is 36.1 Å². The Morgan fingerprint density at radius 2 is 1.62 bits per heavy atom. The van der Waals surface area contributed by atoms with Gasteiger partial charge < -0.3 is 4.74 Å². The summed E-state index contributed by atoms with van der Waals surface area (Å²) in [5.74, 6) is 0.0460. The minimum atomic E-state index is -3.32. The molecule has 0 aliphatic rings. The van der Waals surface area contributed by atoms with E-state index in [1.807, 2.05) is 6.07 Å². The monoisotopic (exact) mass is 415 g/mol. The minimum Gasteiger partial charge on any atom is -0.435 e. The van der Waals surface area contributed by atoms with Gasteiger partial charge >= 0.3 is 6.61 Å². The molecule has 0 atom stereocenters. The first-order valence-corrected chi connectivity index (χ1v) is 10.4. The smallest absolute Gasteiger partial charge is 0.387 e. The fourth-order valence-electron chi connectivity index (χ4n) is 3.04. The van der Waals surface area contributed by atoms with Crippen molar-refractivity contribution in [2.24, 2.45) is 0 Å². The molecule has 2 heterocycles. The van der Waals surface area contributed by atoms with Crippen molar-refractivity contribution in [3.63, 3.8) is 0 Å². The number of nitrogens with zero attached hydrogens (tertiary/aromatic N) is 3. The molecule has 4 rings (SSSR count). The van der Waals surface area contributed by atoms with E-state index in [1.54, 1.807) is 36.5 Å². The molecule has 148 valence electrons. The van der Waals surface area contributed by atoms with Crippen LogP contribution in [0.2, 0.25) is 0 Å². The summed E-state index contributed by atoms with van der Waals surface area (Å²) in [6.07, 6.45) is 2.75. The van der Waals surface area contributed by atoms with Crippen molar-refractivity contribution >= 4 is 15.4 Å². The van der Waals surface area contributed by atoms with Crippen LogP contribution in [0.3, 0.4) is 0 Å². The van der Waals surface area contributed by atoms with Crippen molar-refractivity contribution < 1.29 is 21.9 Å². The molecule has 0 saturated carbocycles. The second-order valence-corrected chi connectivity index (χ2v) is 8.34. The molecule has 0 bridgehead atoms. The van der Waals surface area contributed by atoms with Crippen molar-refractivity contribution in [3.8, 4) is 28.1 Å². The Morgan fingerprint density at radius 3 is 2.24 bits per heavy atom. The van der Waals surface area contributed by atoms with Gasteiger partial charge in [-0.3, -0.25) is 0 Å². The van der Waals surface area contributed by atoms with Crippen LogP contribution in [0, 0.1) is 0 Å². The van der Waals surface area contributed by atoms with Crippen LogP contribution >= 0.6 is 0 Å². The molecule has 0 spiro atoms. The number of aromatic nitrogens is 3. The fraction of sp³-hybridized carbons (Fsp3) is 0.100. The van der Waals surface area contributed by atoms with Crippen molar-refractivity contribution in [2.45, 2.75) is 11.5 Å². The molecule has 0 aliphatic carbocycles. The van der Waals surface area contributed by atoms with Gasteiger partial charge in [0, 0.05) is 23.6 Å². The molecule has 29 heavy (non-hydrogen) atoms. The van der Waals surface area contributed by atoms with Crippen LogP contribution < -0.4 is 4.74 Å². The Bertz CT molecular complexity index is 1270. The van der Waals surface area contributed by atoms with Gasteiger partial charge in [-0.2, -0.15) is 18.5 Å². The Balaban J connectivity index is 1.85. The number of sulfone groups is 1. The van der Waals surface area contributed by atoms with Crippen LogP contribution in [0.4, 0.5) is 8.78 Å². The second-order valence-electron chi connectivity index (χ2n) is 6.32. The maximum Gasteiger partial charge on any atom is 0.387 e. The highest BCUT2D eigenvalue weighted by atomic mass is 32.2. The SMILES string of the molecule is CS(=O)(=O)c1ccc(-c2c(-c3ccc(OC(F)F)cc3)nn3ncccc23)cc1. The number of benzene rings is 2. The number of alkyl halides is 2. The van der Waals surface area contributed by atoms with Gasteiger partial charge in [0.25, 0.3) is 0 Å². The first kappa shape index (κ1) is 19.0.